The molecule has 126 valence electrons. The molecule has 3 rings (SSSR count). The van der Waals surface area contributed by atoms with Crippen LogP contribution in [-0.2, 0) is 0 Å². The second-order valence-electron chi connectivity index (χ2n) is 5.39. The number of carbonyl (C=O) groups excluding carboxylic acids is 1. The van der Waals surface area contributed by atoms with Gasteiger partial charge in [0.1, 0.15) is 11.4 Å². The van der Waals surface area contributed by atoms with E-state index in [1.807, 2.05) is 31.2 Å². The molecule has 0 aliphatic carbocycles. The maximum atomic E-state index is 13.1. The predicted molar refractivity (Wildman–Crippen MR) is 85.7 cm³/mol. The minimum atomic E-state index is -1.62. The number of esters is 1. The van der Waals surface area contributed by atoms with Crippen LogP contribution >= 0.6 is 0 Å². The van der Waals surface area contributed by atoms with Crippen LogP contribution in [0.3, 0.4) is 0 Å². The van der Waals surface area contributed by atoms with Crippen LogP contribution in [0.4, 0.5) is 13.2 Å². The summed E-state index contributed by atoms with van der Waals surface area (Å²) in [6, 6.07) is 12.1. The number of carbonyl (C=O) groups is 1. The molecule has 0 N–H and O–H groups in total. The van der Waals surface area contributed by atoms with Crippen molar-refractivity contribution >= 4 is 5.97 Å². The SMILES string of the molecule is Cc1ccc(-c2ccc(C(=O)Oc3cc(F)c(F)c(F)c3)nc2)cc1. The lowest BCUT2D eigenvalue weighted by Gasteiger charge is -2.06. The summed E-state index contributed by atoms with van der Waals surface area (Å²) in [5, 5.41) is 0. The highest BCUT2D eigenvalue weighted by Crippen LogP contribution is 2.22. The van der Waals surface area contributed by atoms with Crippen LogP contribution in [0.1, 0.15) is 16.1 Å². The number of hydrogen-bond donors (Lipinski definition) is 0. The molecule has 0 amide bonds. The van der Waals surface area contributed by atoms with Crippen molar-refractivity contribution in [2.24, 2.45) is 0 Å². The molecule has 0 spiro atoms. The van der Waals surface area contributed by atoms with E-state index in [0.717, 1.165) is 16.7 Å². The van der Waals surface area contributed by atoms with E-state index in [0.29, 0.717) is 12.1 Å². The van der Waals surface area contributed by atoms with Crippen molar-refractivity contribution in [1.82, 2.24) is 4.98 Å². The molecule has 0 saturated carbocycles. The first-order chi connectivity index (χ1) is 11.9. The molecule has 3 nitrogen and oxygen atoms in total. The zero-order chi connectivity index (χ0) is 18.0. The van der Waals surface area contributed by atoms with Gasteiger partial charge in [0, 0.05) is 23.9 Å². The van der Waals surface area contributed by atoms with E-state index in [2.05, 4.69) is 4.98 Å². The Balaban J connectivity index is 1.78. The molecule has 0 aliphatic rings. The molecule has 0 saturated heterocycles. The van der Waals surface area contributed by atoms with E-state index in [9.17, 15) is 18.0 Å². The monoisotopic (exact) mass is 343 g/mol. The van der Waals surface area contributed by atoms with E-state index < -0.39 is 29.2 Å². The summed E-state index contributed by atoms with van der Waals surface area (Å²) in [7, 11) is 0. The van der Waals surface area contributed by atoms with E-state index in [1.54, 1.807) is 6.07 Å². The topological polar surface area (TPSA) is 39.2 Å². The van der Waals surface area contributed by atoms with Crippen LogP contribution in [-0.4, -0.2) is 11.0 Å². The Hall–Kier alpha value is -3.15. The van der Waals surface area contributed by atoms with Crippen molar-refractivity contribution in [2.45, 2.75) is 6.92 Å². The fraction of sp³-hybridized carbons (Fsp3) is 0.0526. The molecule has 25 heavy (non-hydrogen) atoms. The van der Waals surface area contributed by atoms with E-state index >= 15 is 0 Å². The number of rotatable bonds is 3. The highest BCUT2D eigenvalue weighted by molar-refractivity contribution is 5.89. The van der Waals surface area contributed by atoms with Crippen molar-refractivity contribution in [3.63, 3.8) is 0 Å². The van der Waals surface area contributed by atoms with E-state index in [4.69, 9.17) is 4.74 Å². The first kappa shape index (κ1) is 16.7. The Kier molecular flexibility index (Phi) is 4.52. The molecule has 2 aromatic carbocycles. The summed E-state index contributed by atoms with van der Waals surface area (Å²) in [5.41, 5.74) is 2.81. The molecule has 1 heterocycles. The molecule has 0 bridgehead atoms. The summed E-state index contributed by atoms with van der Waals surface area (Å²) < 4.78 is 44.0. The number of ether oxygens (including phenoxy) is 1. The molecule has 0 radical (unpaired) electrons. The van der Waals surface area contributed by atoms with Gasteiger partial charge in [-0.2, -0.15) is 0 Å². The van der Waals surface area contributed by atoms with Gasteiger partial charge in [-0.25, -0.2) is 22.9 Å². The Morgan fingerprint density at radius 1 is 0.920 bits per heavy atom. The number of aromatic nitrogens is 1. The maximum Gasteiger partial charge on any atom is 0.362 e. The smallest absolute Gasteiger partial charge is 0.362 e. The third-order valence-corrected chi connectivity index (χ3v) is 3.53. The van der Waals surface area contributed by atoms with Gasteiger partial charge >= 0.3 is 5.97 Å². The van der Waals surface area contributed by atoms with E-state index in [1.165, 1.54) is 12.3 Å². The quantitative estimate of drug-likeness (QED) is 0.393. The highest BCUT2D eigenvalue weighted by atomic mass is 19.2. The number of hydrogen-bond acceptors (Lipinski definition) is 3. The molecular weight excluding hydrogens is 331 g/mol. The number of pyridine rings is 1. The number of benzene rings is 2. The first-order valence-corrected chi connectivity index (χ1v) is 7.34. The zero-order valence-electron chi connectivity index (χ0n) is 13.1. The average Bonchev–Trinajstić information content (AvgIpc) is 2.60. The largest absolute Gasteiger partial charge is 0.422 e. The van der Waals surface area contributed by atoms with Crippen LogP contribution in [0.2, 0.25) is 0 Å². The number of aryl methyl sites for hydroxylation is 1. The lowest BCUT2D eigenvalue weighted by atomic mass is 10.1. The minimum absolute atomic E-state index is 0.0407. The second kappa shape index (κ2) is 6.76. The van der Waals surface area contributed by atoms with Crippen LogP contribution in [0.15, 0.2) is 54.7 Å². The van der Waals surface area contributed by atoms with Gasteiger partial charge in [0.15, 0.2) is 17.5 Å². The molecular formula is C19H12F3NO2. The summed E-state index contributed by atoms with van der Waals surface area (Å²) in [6.07, 6.45) is 1.49. The normalized spacial score (nSPS) is 10.6. The van der Waals surface area contributed by atoms with Gasteiger partial charge in [-0.05, 0) is 18.6 Å². The Morgan fingerprint density at radius 2 is 1.52 bits per heavy atom. The molecule has 6 heteroatoms. The molecule has 3 aromatic rings. The number of halogens is 3. The summed E-state index contributed by atoms with van der Waals surface area (Å²) in [4.78, 5) is 16.0. The van der Waals surface area contributed by atoms with Gasteiger partial charge < -0.3 is 4.74 Å². The summed E-state index contributed by atoms with van der Waals surface area (Å²) >= 11 is 0. The molecule has 0 fully saturated rings. The molecule has 1 aromatic heterocycles. The van der Waals surface area contributed by atoms with Crippen LogP contribution in [0.5, 0.6) is 5.75 Å². The highest BCUT2D eigenvalue weighted by Gasteiger charge is 2.15. The minimum Gasteiger partial charge on any atom is -0.422 e. The lowest BCUT2D eigenvalue weighted by Crippen LogP contribution is -2.11. The number of nitrogens with zero attached hydrogens (tertiary/aromatic N) is 1. The molecule has 0 atom stereocenters. The average molecular weight is 343 g/mol. The lowest BCUT2D eigenvalue weighted by molar-refractivity contribution is 0.0727. The third kappa shape index (κ3) is 3.68. The van der Waals surface area contributed by atoms with Crippen LogP contribution in [0, 0.1) is 24.4 Å². The van der Waals surface area contributed by atoms with Gasteiger partial charge in [-0.3, -0.25) is 0 Å². The Morgan fingerprint density at radius 3 is 2.08 bits per heavy atom. The van der Waals surface area contributed by atoms with Gasteiger partial charge in [0.25, 0.3) is 0 Å². The van der Waals surface area contributed by atoms with Crippen LogP contribution in [0.25, 0.3) is 11.1 Å². The third-order valence-electron chi connectivity index (χ3n) is 3.53. The van der Waals surface area contributed by atoms with Crippen molar-refractivity contribution in [3.05, 3.63) is 83.4 Å². The van der Waals surface area contributed by atoms with Gasteiger partial charge in [-0.1, -0.05) is 35.9 Å². The molecule has 0 aliphatic heterocycles. The summed E-state index contributed by atoms with van der Waals surface area (Å²) in [6.45, 7) is 1.97. The van der Waals surface area contributed by atoms with Crippen molar-refractivity contribution < 1.29 is 22.7 Å². The Bertz CT molecular complexity index is 899. The predicted octanol–water partition coefficient (Wildman–Crippen LogP) is 4.69. The summed E-state index contributed by atoms with van der Waals surface area (Å²) in [5.74, 6) is -5.84. The van der Waals surface area contributed by atoms with Gasteiger partial charge in [0.2, 0.25) is 0 Å². The van der Waals surface area contributed by atoms with Gasteiger partial charge in [-0.15, -0.1) is 0 Å². The first-order valence-electron chi connectivity index (χ1n) is 7.34. The standard InChI is InChI=1S/C19H12F3NO2/c1-11-2-4-12(5-3-11)13-6-7-17(23-10-13)19(24)25-14-8-15(20)18(22)16(21)9-14/h2-10H,1H3. The fourth-order valence-electron chi connectivity index (χ4n) is 2.18. The van der Waals surface area contributed by atoms with Crippen molar-refractivity contribution in [1.29, 1.82) is 0 Å². The van der Waals surface area contributed by atoms with Crippen LogP contribution < -0.4 is 4.74 Å². The zero-order valence-corrected chi connectivity index (χ0v) is 13.1. The van der Waals surface area contributed by atoms with Crippen molar-refractivity contribution in [3.8, 4) is 16.9 Å². The van der Waals surface area contributed by atoms with Crippen molar-refractivity contribution in [2.75, 3.05) is 0 Å². The Labute approximate surface area is 141 Å². The fourth-order valence-corrected chi connectivity index (χ4v) is 2.18. The van der Waals surface area contributed by atoms with Gasteiger partial charge in [0.05, 0.1) is 0 Å². The molecule has 0 unspecified atom stereocenters. The second-order valence-corrected chi connectivity index (χ2v) is 5.39. The van der Waals surface area contributed by atoms with E-state index in [-0.39, 0.29) is 5.69 Å². The maximum absolute atomic E-state index is 13.1.